The molecule has 1 aromatic rings. The molecule has 1 aromatic heterocycles. The zero-order valence-electron chi connectivity index (χ0n) is 7.17. The molecule has 1 heterocycles. The largest absolute Gasteiger partial charge is 0.271 e. The van der Waals surface area contributed by atoms with E-state index in [4.69, 9.17) is 17.4 Å². The lowest BCUT2D eigenvalue weighted by Crippen LogP contribution is -2.31. The lowest BCUT2D eigenvalue weighted by molar-refractivity contribution is 0.422. The maximum absolute atomic E-state index is 5.82. The molecule has 0 aliphatic rings. The first-order valence-corrected chi connectivity index (χ1v) is 5.11. The number of hydrogen-bond donors (Lipinski definition) is 2. The predicted molar refractivity (Wildman–Crippen MR) is 54.2 cm³/mol. The number of hydrogen-bond acceptors (Lipinski definition) is 3. The molecule has 0 saturated heterocycles. The molecule has 0 bridgehead atoms. The van der Waals surface area contributed by atoms with Crippen LogP contribution in [0.3, 0.4) is 0 Å². The Morgan fingerprint density at radius 3 is 2.58 bits per heavy atom. The van der Waals surface area contributed by atoms with Gasteiger partial charge in [0.2, 0.25) is 0 Å². The van der Waals surface area contributed by atoms with E-state index in [2.05, 4.69) is 19.3 Å². The van der Waals surface area contributed by atoms with Crippen LogP contribution in [0.15, 0.2) is 11.4 Å². The Hall–Kier alpha value is -0.0900. The highest BCUT2D eigenvalue weighted by Crippen LogP contribution is 2.28. The van der Waals surface area contributed by atoms with E-state index in [0.29, 0.717) is 5.92 Å². The zero-order valence-corrected chi connectivity index (χ0v) is 8.75. The molecule has 0 aliphatic heterocycles. The van der Waals surface area contributed by atoms with E-state index in [1.807, 2.05) is 11.4 Å². The molecule has 0 fully saturated rings. The van der Waals surface area contributed by atoms with Crippen molar-refractivity contribution < 1.29 is 0 Å². The maximum atomic E-state index is 5.82. The summed E-state index contributed by atoms with van der Waals surface area (Å²) in [5, 5.41) is 2.03. The quantitative estimate of drug-likeness (QED) is 0.587. The fourth-order valence-electron chi connectivity index (χ4n) is 1.16. The molecule has 0 aliphatic carbocycles. The van der Waals surface area contributed by atoms with E-state index in [0.717, 1.165) is 4.34 Å². The summed E-state index contributed by atoms with van der Waals surface area (Å²) in [5.41, 5.74) is 3.95. The summed E-state index contributed by atoms with van der Waals surface area (Å²) in [6, 6.07) is 2.16. The van der Waals surface area contributed by atoms with Crippen LogP contribution in [0.1, 0.15) is 25.5 Å². The highest BCUT2D eigenvalue weighted by Gasteiger charge is 2.14. The van der Waals surface area contributed by atoms with Gasteiger partial charge in [-0.15, -0.1) is 11.3 Å². The third-order valence-electron chi connectivity index (χ3n) is 1.79. The van der Waals surface area contributed by atoms with E-state index < -0.39 is 0 Å². The average molecular weight is 205 g/mol. The average Bonchev–Trinajstić information content (AvgIpc) is 2.37. The zero-order chi connectivity index (χ0) is 9.14. The predicted octanol–water partition coefficient (Wildman–Crippen LogP) is 2.56. The van der Waals surface area contributed by atoms with Gasteiger partial charge in [0.15, 0.2) is 0 Å². The molecular weight excluding hydrogens is 192 g/mol. The number of halogens is 1. The van der Waals surface area contributed by atoms with Crippen LogP contribution in [0, 0.1) is 5.92 Å². The molecule has 1 unspecified atom stereocenters. The molecule has 0 aromatic carbocycles. The number of hydrazine groups is 1. The summed E-state index contributed by atoms with van der Waals surface area (Å²) in [7, 11) is 0. The van der Waals surface area contributed by atoms with Gasteiger partial charge < -0.3 is 0 Å². The molecular formula is C8H13ClN2S. The van der Waals surface area contributed by atoms with Crippen molar-refractivity contribution in [3.8, 4) is 0 Å². The third-order valence-corrected chi connectivity index (χ3v) is 2.90. The Labute approximate surface area is 81.7 Å². The van der Waals surface area contributed by atoms with Crippen LogP contribution in [-0.4, -0.2) is 0 Å². The summed E-state index contributed by atoms with van der Waals surface area (Å²) in [4.78, 5) is 0. The molecule has 68 valence electrons. The molecule has 12 heavy (non-hydrogen) atoms. The van der Waals surface area contributed by atoms with Gasteiger partial charge in [0.05, 0.1) is 4.34 Å². The van der Waals surface area contributed by atoms with Crippen molar-refractivity contribution in [3.05, 3.63) is 21.3 Å². The Morgan fingerprint density at radius 2 is 2.25 bits per heavy atom. The second-order valence-corrected chi connectivity index (χ2v) is 4.62. The second-order valence-electron chi connectivity index (χ2n) is 3.07. The van der Waals surface area contributed by atoms with E-state index in [1.165, 1.54) is 16.9 Å². The lowest BCUT2D eigenvalue weighted by atomic mass is 10.00. The van der Waals surface area contributed by atoms with Gasteiger partial charge in [-0.05, 0) is 22.9 Å². The van der Waals surface area contributed by atoms with Gasteiger partial charge in [-0.3, -0.25) is 11.3 Å². The van der Waals surface area contributed by atoms with Crippen molar-refractivity contribution >= 4 is 22.9 Å². The first-order valence-electron chi connectivity index (χ1n) is 3.85. The van der Waals surface area contributed by atoms with Gasteiger partial charge in [-0.25, -0.2) is 0 Å². The number of rotatable bonds is 3. The third kappa shape index (κ3) is 2.20. The maximum Gasteiger partial charge on any atom is 0.0931 e. The number of nitrogens with two attached hydrogens (primary N) is 1. The van der Waals surface area contributed by atoms with Crippen molar-refractivity contribution in [2.75, 3.05) is 0 Å². The van der Waals surface area contributed by atoms with Gasteiger partial charge in [-0.1, -0.05) is 25.4 Å². The molecule has 1 rings (SSSR count). The minimum Gasteiger partial charge on any atom is -0.271 e. The molecule has 2 nitrogen and oxygen atoms in total. The first-order chi connectivity index (χ1) is 5.65. The van der Waals surface area contributed by atoms with E-state index >= 15 is 0 Å². The van der Waals surface area contributed by atoms with Gasteiger partial charge in [-0.2, -0.15) is 0 Å². The molecule has 0 radical (unpaired) electrons. The van der Waals surface area contributed by atoms with Gasteiger partial charge in [0.25, 0.3) is 0 Å². The molecule has 4 heteroatoms. The van der Waals surface area contributed by atoms with Gasteiger partial charge >= 0.3 is 0 Å². The summed E-state index contributed by atoms with van der Waals surface area (Å²) in [6.07, 6.45) is 0. The summed E-state index contributed by atoms with van der Waals surface area (Å²) >= 11 is 7.35. The molecule has 1 atom stereocenters. The minimum atomic E-state index is 0.203. The highest BCUT2D eigenvalue weighted by molar-refractivity contribution is 7.14. The highest BCUT2D eigenvalue weighted by atomic mass is 35.5. The van der Waals surface area contributed by atoms with Crippen LogP contribution in [0.25, 0.3) is 0 Å². The summed E-state index contributed by atoms with van der Waals surface area (Å²) < 4.78 is 0.811. The first kappa shape index (κ1) is 9.99. The fraction of sp³-hybridized carbons (Fsp3) is 0.500. The Bertz CT molecular complexity index is 247. The molecule has 0 amide bonds. The number of thiophene rings is 1. The molecule has 3 N–H and O–H groups in total. The van der Waals surface area contributed by atoms with Crippen LogP contribution in [0.4, 0.5) is 0 Å². The lowest BCUT2D eigenvalue weighted by Gasteiger charge is -2.18. The van der Waals surface area contributed by atoms with Crippen molar-refractivity contribution in [2.45, 2.75) is 19.9 Å². The van der Waals surface area contributed by atoms with Gasteiger partial charge in [0.1, 0.15) is 0 Å². The smallest absolute Gasteiger partial charge is 0.0931 e. The second kappa shape index (κ2) is 4.23. The van der Waals surface area contributed by atoms with Crippen molar-refractivity contribution in [3.63, 3.8) is 0 Å². The SMILES string of the molecule is CC(C)C(NN)c1csc(Cl)c1. The topological polar surface area (TPSA) is 38.0 Å². The Morgan fingerprint density at radius 1 is 1.58 bits per heavy atom. The fourth-order valence-corrected chi connectivity index (χ4v) is 2.09. The number of nitrogens with one attached hydrogen (secondary N) is 1. The monoisotopic (exact) mass is 204 g/mol. The van der Waals surface area contributed by atoms with E-state index in [1.54, 1.807) is 0 Å². The van der Waals surface area contributed by atoms with Crippen molar-refractivity contribution in [1.29, 1.82) is 0 Å². The van der Waals surface area contributed by atoms with Crippen LogP contribution in [-0.2, 0) is 0 Å². The van der Waals surface area contributed by atoms with Crippen molar-refractivity contribution in [1.82, 2.24) is 5.43 Å². The molecule has 0 saturated carbocycles. The van der Waals surface area contributed by atoms with Crippen LogP contribution in [0.5, 0.6) is 0 Å². The van der Waals surface area contributed by atoms with E-state index in [-0.39, 0.29) is 6.04 Å². The summed E-state index contributed by atoms with van der Waals surface area (Å²) in [6.45, 7) is 4.24. The minimum absolute atomic E-state index is 0.203. The molecule has 0 spiro atoms. The standard InChI is InChI=1S/C8H13ClN2S/c1-5(2)8(11-10)6-3-7(9)12-4-6/h3-5,8,11H,10H2,1-2H3. The van der Waals surface area contributed by atoms with Crippen LogP contribution < -0.4 is 11.3 Å². The van der Waals surface area contributed by atoms with Crippen molar-refractivity contribution in [2.24, 2.45) is 11.8 Å². The Balaban J connectivity index is 2.80. The summed E-state index contributed by atoms with van der Waals surface area (Å²) in [5.74, 6) is 5.90. The van der Waals surface area contributed by atoms with Crippen LogP contribution in [0.2, 0.25) is 4.34 Å². The van der Waals surface area contributed by atoms with E-state index in [9.17, 15) is 0 Å². The normalized spacial score (nSPS) is 13.8. The van der Waals surface area contributed by atoms with Crippen LogP contribution >= 0.6 is 22.9 Å². The Kier molecular flexibility index (Phi) is 3.53. The van der Waals surface area contributed by atoms with Gasteiger partial charge in [0, 0.05) is 6.04 Å².